The summed E-state index contributed by atoms with van der Waals surface area (Å²) in [6.07, 6.45) is 2.31. The van der Waals surface area contributed by atoms with Gasteiger partial charge in [0.25, 0.3) is 5.56 Å². The van der Waals surface area contributed by atoms with Gasteiger partial charge in [0.15, 0.2) is 4.96 Å². The third-order valence-corrected chi connectivity index (χ3v) is 4.50. The summed E-state index contributed by atoms with van der Waals surface area (Å²) >= 11 is 1.44. The molecule has 100 valence electrons. The molecular weight excluding hydrogens is 272 g/mol. The number of rotatable bonds is 1. The Hall–Kier alpha value is -2.14. The molecule has 0 bridgehead atoms. The highest BCUT2D eigenvalue weighted by Gasteiger charge is 2.39. The van der Waals surface area contributed by atoms with E-state index in [1.165, 1.54) is 11.3 Å². The molecule has 4 nitrogen and oxygen atoms in total. The zero-order valence-corrected chi connectivity index (χ0v) is 11.7. The highest BCUT2D eigenvalue weighted by atomic mass is 32.1. The second kappa shape index (κ2) is 3.93. The minimum Gasteiger partial charge on any atom is -0.466 e. The first kappa shape index (κ1) is 11.7. The molecule has 0 aliphatic carbocycles. The highest BCUT2D eigenvalue weighted by Crippen LogP contribution is 2.38. The number of hydrogen-bond donors (Lipinski definition) is 0. The third-order valence-electron chi connectivity index (χ3n) is 3.74. The van der Waals surface area contributed by atoms with Crippen LogP contribution in [-0.4, -0.2) is 9.38 Å². The zero-order chi connectivity index (χ0) is 13.7. The number of benzene rings is 1. The van der Waals surface area contributed by atoms with Gasteiger partial charge in [0, 0.05) is 18.0 Å². The van der Waals surface area contributed by atoms with E-state index in [0.717, 1.165) is 5.56 Å². The van der Waals surface area contributed by atoms with E-state index in [4.69, 9.17) is 4.74 Å². The molecule has 0 N–H and O–H groups in total. The van der Waals surface area contributed by atoms with E-state index in [1.807, 2.05) is 42.6 Å². The fraction of sp³-hybridized carbons (Fsp3) is 0.200. The Labute approximate surface area is 119 Å². The van der Waals surface area contributed by atoms with Crippen molar-refractivity contribution in [2.45, 2.75) is 18.9 Å². The van der Waals surface area contributed by atoms with Crippen LogP contribution in [0.25, 0.3) is 4.96 Å². The van der Waals surface area contributed by atoms with Crippen LogP contribution in [0.1, 0.15) is 18.1 Å². The Bertz CT molecular complexity index is 853. The Morgan fingerprint density at radius 2 is 2.15 bits per heavy atom. The van der Waals surface area contributed by atoms with E-state index < -0.39 is 5.60 Å². The molecule has 0 saturated heterocycles. The fourth-order valence-corrected chi connectivity index (χ4v) is 3.37. The Kier molecular flexibility index (Phi) is 2.29. The third kappa shape index (κ3) is 1.53. The lowest BCUT2D eigenvalue weighted by molar-refractivity contribution is 0.111. The Balaban J connectivity index is 1.88. The molecule has 5 heteroatoms. The average Bonchev–Trinajstić information content (AvgIpc) is 3.05. The maximum Gasteiger partial charge on any atom is 0.265 e. The largest absolute Gasteiger partial charge is 0.466 e. The van der Waals surface area contributed by atoms with Crippen LogP contribution in [0.2, 0.25) is 0 Å². The first-order valence-electron chi connectivity index (χ1n) is 6.41. The molecule has 3 heterocycles. The number of aromatic nitrogens is 2. The number of thiazole rings is 1. The van der Waals surface area contributed by atoms with E-state index >= 15 is 0 Å². The Morgan fingerprint density at radius 1 is 1.35 bits per heavy atom. The molecule has 0 fully saturated rings. The Morgan fingerprint density at radius 3 is 2.95 bits per heavy atom. The number of hydrogen-bond acceptors (Lipinski definition) is 4. The standard InChI is InChI=1S/C15H12N2O2S/c1-15(10-5-3-2-4-6-10)9-11-12(19-15)16-14-17(13(11)18)7-8-20-14/h2-8H,9H2,1H3. The van der Waals surface area contributed by atoms with Crippen LogP contribution in [0.15, 0.2) is 46.7 Å². The van der Waals surface area contributed by atoms with Gasteiger partial charge < -0.3 is 4.74 Å². The van der Waals surface area contributed by atoms with Crippen molar-refractivity contribution in [2.24, 2.45) is 0 Å². The van der Waals surface area contributed by atoms with Crippen LogP contribution in [0.4, 0.5) is 0 Å². The molecule has 0 saturated carbocycles. The summed E-state index contributed by atoms with van der Waals surface area (Å²) in [5.74, 6) is 0.476. The molecule has 0 radical (unpaired) electrons. The second-order valence-corrected chi connectivity index (χ2v) is 6.00. The molecule has 1 aromatic carbocycles. The summed E-state index contributed by atoms with van der Waals surface area (Å²) in [4.78, 5) is 17.6. The normalized spacial score (nSPS) is 20.9. The van der Waals surface area contributed by atoms with E-state index in [1.54, 1.807) is 10.6 Å². The van der Waals surface area contributed by atoms with Crippen LogP contribution in [0, 0.1) is 0 Å². The fourth-order valence-electron chi connectivity index (χ4n) is 2.67. The van der Waals surface area contributed by atoms with Gasteiger partial charge in [0.1, 0.15) is 5.60 Å². The van der Waals surface area contributed by atoms with Crippen molar-refractivity contribution >= 4 is 16.3 Å². The second-order valence-electron chi connectivity index (χ2n) is 5.13. The molecular formula is C15H12N2O2S. The predicted molar refractivity (Wildman–Crippen MR) is 77.5 cm³/mol. The SMILES string of the molecule is CC1(c2ccccc2)Cc2c(nc3sccn3c2=O)O1. The minimum atomic E-state index is -0.514. The predicted octanol–water partition coefficient (Wildman–Crippen LogP) is 2.61. The monoisotopic (exact) mass is 284 g/mol. The summed E-state index contributed by atoms with van der Waals surface area (Å²) in [6.45, 7) is 2.00. The van der Waals surface area contributed by atoms with Gasteiger partial charge in [0.2, 0.25) is 5.88 Å². The molecule has 1 unspecified atom stereocenters. The van der Waals surface area contributed by atoms with Gasteiger partial charge in [-0.2, -0.15) is 4.98 Å². The number of nitrogens with zero attached hydrogens (tertiary/aromatic N) is 2. The average molecular weight is 284 g/mol. The van der Waals surface area contributed by atoms with Crippen molar-refractivity contribution < 1.29 is 4.74 Å². The first-order valence-corrected chi connectivity index (χ1v) is 7.29. The van der Waals surface area contributed by atoms with Gasteiger partial charge in [-0.3, -0.25) is 9.20 Å². The van der Waals surface area contributed by atoms with E-state index in [9.17, 15) is 4.79 Å². The highest BCUT2D eigenvalue weighted by molar-refractivity contribution is 7.15. The summed E-state index contributed by atoms with van der Waals surface area (Å²) in [6, 6.07) is 9.97. The van der Waals surface area contributed by atoms with Gasteiger partial charge in [0.05, 0.1) is 5.56 Å². The lowest BCUT2D eigenvalue weighted by atomic mass is 9.92. The van der Waals surface area contributed by atoms with Gasteiger partial charge in [-0.1, -0.05) is 30.3 Å². The maximum absolute atomic E-state index is 12.5. The minimum absolute atomic E-state index is 0.0223. The van der Waals surface area contributed by atoms with Crippen LogP contribution >= 0.6 is 11.3 Å². The van der Waals surface area contributed by atoms with Crippen LogP contribution in [0.3, 0.4) is 0 Å². The lowest BCUT2D eigenvalue weighted by Gasteiger charge is -2.23. The van der Waals surface area contributed by atoms with Gasteiger partial charge in [-0.15, -0.1) is 11.3 Å². The van der Waals surface area contributed by atoms with E-state index in [0.29, 0.717) is 22.8 Å². The van der Waals surface area contributed by atoms with Crippen molar-refractivity contribution in [3.05, 3.63) is 63.4 Å². The summed E-state index contributed by atoms with van der Waals surface area (Å²) in [5, 5.41) is 1.86. The van der Waals surface area contributed by atoms with Crippen molar-refractivity contribution in [1.29, 1.82) is 0 Å². The van der Waals surface area contributed by atoms with Gasteiger partial charge >= 0.3 is 0 Å². The smallest absolute Gasteiger partial charge is 0.265 e. The summed E-state index contributed by atoms with van der Waals surface area (Å²) in [5.41, 5.74) is 1.18. The quantitative estimate of drug-likeness (QED) is 0.690. The molecule has 0 spiro atoms. The number of fused-ring (bicyclic) bond motifs is 2. The molecule has 4 rings (SSSR count). The molecule has 2 aromatic heterocycles. The molecule has 1 aliphatic rings. The number of ether oxygens (including phenoxy) is 1. The van der Waals surface area contributed by atoms with Crippen molar-refractivity contribution in [1.82, 2.24) is 9.38 Å². The molecule has 1 atom stereocenters. The van der Waals surface area contributed by atoms with E-state index in [-0.39, 0.29) is 5.56 Å². The zero-order valence-electron chi connectivity index (χ0n) is 10.9. The summed E-state index contributed by atoms with van der Waals surface area (Å²) in [7, 11) is 0. The van der Waals surface area contributed by atoms with Crippen LogP contribution in [0.5, 0.6) is 5.88 Å². The first-order chi connectivity index (χ1) is 9.67. The maximum atomic E-state index is 12.5. The molecule has 3 aromatic rings. The molecule has 0 amide bonds. The summed E-state index contributed by atoms with van der Waals surface area (Å²) < 4.78 is 7.61. The van der Waals surface area contributed by atoms with Crippen LogP contribution < -0.4 is 10.3 Å². The van der Waals surface area contributed by atoms with Crippen molar-refractivity contribution in [3.63, 3.8) is 0 Å². The van der Waals surface area contributed by atoms with Gasteiger partial charge in [-0.05, 0) is 12.5 Å². The molecule has 1 aliphatic heterocycles. The lowest BCUT2D eigenvalue weighted by Crippen LogP contribution is -2.27. The van der Waals surface area contributed by atoms with Gasteiger partial charge in [-0.25, -0.2) is 0 Å². The van der Waals surface area contributed by atoms with Crippen molar-refractivity contribution in [3.8, 4) is 5.88 Å². The van der Waals surface area contributed by atoms with Crippen LogP contribution in [-0.2, 0) is 12.0 Å². The van der Waals surface area contributed by atoms with Crippen molar-refractivity contribution in [2.75, 3.05) is 0 Å². The topological polar surface area (TPSA) is 43.6 Å². The van der Waals surface area contributed by atoms with E-state index in [2.05, 4.69) is 4.98 Å². The molecule has 20 heavy (non-hydrogen) atoms.